The zero-order chi connectivity index (χ0) is 52.9. The molecule has 0 aromatic carbocycles. The van der Waals surface area contributed by atoms with E-state index in [0.29, 0.717) is 6.42 Å². The topological polar surface area (TPSA) is 149 Å². The molecular formula is C64H123NO8. The van der Waals surface area contributed by atoms with Crippen molar-refractivity contribution in [3.05, 3.63) is 24.3 Å². The van der Waals surface area contributed by atoms with Crippen molar-refractivity contribution in [2.75, 3.05) is 13.2 Å². The molecule has 6 N–H and O–H groups in total. The number of hydrogen-bond donors (Lipinski definition) is 6. The fourth-order valence-corrected chi connectivity index (χ4v) is 10.5. The van der Waals surface area contributed by atoms with Gasteiger partial charge in [0, 0.05) is 6.42 Å². The molecule has 1 fully saturated rings. The molecule has 7 unspecified atom stereocenters. The second kappa shape index (κ2) is 54.0. The summed E-state index contributed by atoms with van der Waals surface area (Å²) < 4.78 is 11.3. The summed E-state index contributed by atoms with van der Waals surface area (Å²) in [5.41, 5.74) is 0. The van der Waals surface area contributed by atoms with Crippen molar-refractivity contribution in [3.8, 4) is 0 Å². The SMILES string of the molecule is CCCCCCCCCCCCCCCCCCCCCCCCCCCC/C=C/CC/C=C/C(O)C(COC1OC(CO)C(O)C(O)C1O)NC(=O)CCCCCCCCCCCCCCCCCCCC. The lowest BCUT2D eigenvalue weighted by atomic mass is 9.99. The van der Waals surface area contributed by atoms with Gasteiger partial charge in [0.2, 0.25) is 5.91 Å². The largest absolute Gasteiger partial charge is 0.394 e. The van der Waals surface area contributed by atoms with Gasteiger partial charge >= 0.3 is 0 Å². The Labute approximate surface area is 451 Å². The van der Waals surface area contributed by atoms with E-state index in [1.807, 2.05) is 6.08 Å². The van der Waals surface area contributed by atoms with Crippen molar-refractivity contribution in [3.63, 3.8) is 0 Å². The number of rotatable bonds is 56. The van der Waals surface area contributed by atoms with Crippen LogP contribution in [0.25, 0.3) is 0 Å². The third kappa shape index (κ3) is 43.4. The molecule has 0 aromatic heterocycles. The molecule has 1 aliphatic rings. The van der Waals surface area contributed by atoms with E-state index in [1.54, 1.807) is 6.08 Å². The van der Waals surface area contributed by atoms with E-state index in [9.17, 15) is 30.3 Å². The van der Waals surface area contributed by atoms with Crippen LogP contribution in [0, 0.1) is 0 Å². The second-order valence-corrected chi connectivity index (χ2v) is 22.6. The number of hydrogen-bond acceptors (Lipinski definition) is 8. The summed E-state index contributed by atoms with van der Waals surface area (Å²) >= 11 is 0. The van der Waals surface area contributed by atoms with Crippen LogP contribution in [0.1, 0.15) is 322 Å². The second-order valence-electron chi connectivity index (χ2n) is 22.6. The van der Waals surface area contributed by atoms with Crippen molar-refractivity contribution in [1.82, 2.24) is 5.32 Å². The number of nitrogens with one attached hydrogen (secondary N) is 1. The van der Waals surface area contributed by atoms with E-state index in [4.69, 9.17) is 9.47 Å². The van der Waals surface area contributed by atoms with Crippen LogP contribution < -0.4 is 5.32 Å². The fourth-order valence-electron chi connectivity index (χ4n) is 10.5. The van der Waals surface area contributed by atoms with Crippen molar-refractivity contribution in [2.24, 2.45) is 0 Å². The summed E-state index contributed by atoms with van der Waals surface area (Å²) in [5, 5.41) is 54.6. The number of unbranched alkanes of at least 4 members (excludes halogenated alkanes) is 44. The van der Waals surface area contributed by atoms with E-state index in [0.717, 1.165) is 38.5 Å². The molecule has 0 radical (unpaired) electrons. The van der Waals surface area contributed by atoms with E-state index in [1.165, 1.54) is 263 Å². The highest BCUT2D eigenvalue weighted by Gasteiger charge is 2.44. The Balaban J connectivity index is 2.16. The lowest BCUT2D eigenvalue weighted by Gasteiger charge is -2.40. The number of carbonyl (C=O) groups excluding carboxylic acids is 1. The molecule has 0 aliphatic carbocycles. The van der Waals surface area contributed by atoms with E-state index >= 15 is 0 Å². The van der Waals surface area contributed by atoms with E-state index < -0.39 is 49.5 Å². The Hall–Kier alpha value is -1.33. The van der Waals surface area contributed by atoms with Crippen LogP contribution in [0.15, 0.2) is 24.3 Å². The van der Waals surface area contributed by atoms with Gasteiger partial charge in [-0.2, -0.15) is 0 Å². The summed E-state index contributed by atoms with van der Waals surface area (Å²) in [5.74, 6) is -0.180. The van der Waals surface area contributed by atoms with Crippen LogP contribution in [0.5, 0.6) is 0 Å². The molecule has 0 spiro atoms. The Morgan fingerprint density at radius 2 is 0.781 bits per heavy atom. The van der Waals surface area contributed by atoms with Crippen LogP contribution in [-0.2, 0) is 14.3 Å². The number of aliphatic hydroxyl groups excluding tert-OH is 5. The lowest BCUT2D eigenvalue weighted by molar-refractivity contribution is -0.302. The van der Waals surface area contributed by atoms with Crippen LogP contribution >= 0.6 is 0 Å². The van der Waals surface area contributed by atoms with Gasteiger partial charge in [-0.15, -0.1) is 0 Å². The van der Waals surface area contributed by atoms with E-state index in [-0.39, 0.29) is 12.5 Å². The smallest absolute Gasteiger partial charge is 0.220 e. The zero-order valence-electron chi connectivity index (χ0n) is 48.2. The van der Waals surface area contributed by atoms with Crippen molar-refractivity contribution >= 4 is 5.91 Å². The third-order valence-corrected chi connectivity index (χ3v) is 15.5. The average molecular weight is 1030 g/mol. The van der Waals surface area contributed by atoms with Gasteiger partial charge in [0.25, 0.3) is 0 Å². The highest BCUT2D eigenvalue weighted by atomic mass is 16.7. The maximum atomic E-state index is 13.1. The molecule has 7 atom stereocenters. The normalized spacial score (nSPS) is 19.1. The Morgan fingerprint density at radius 3 is 1.15 bits per heavy atom. The number of aliphatic hydroxyl groups is 5. The van der Waals surface area contributed by atoms with Gasteiger partial charge in [-0.25, -0.2) is 0 Å². The fraction of sp³-hybridized carbons (Fsp3) is 0.922. The van der Waals surface area contributed by atoms with Crippen LogP contribution in [0.3, 0.4) is 0 Å². The molecule has 1 aliphatic heterocycles. The van der Waals surface area contributed by atoms with Gasteiger partial charge in [0.05, 0.1) is 25.4 Å². The first-order valence-corrected chi connectivity index (χ1v) is 32.1. The summed E-state index contributed by atoms with van der Waals surface area (Å²) in [6, 6.07) is -0.819. The van der Waals surface area contributed by atoms with E-state index in [2.05, 4.69) is 31.3 Å². The molecule has 0 aromatic rings. The first-order valence-electron chi connectivity index (χ1n) is 32.1. The molecule has 0 saturated carbocycles. The Morgan fingerprint density at radius 1 is 0.452 bits per heavy atom. The maximum Gasteiger partial charge on any atom is 0.220 e. The molecular weight excluding hydrogens is 911 g/mol. The molecule has 0 bridgehead atoms. The van der Waals surface area contributed by atoms with Gasteiger partial charge in [0.15, 0.2) is 6.29 Å². The first kappa shape index (κ1) is 69.7. The Kier molecular flexibility index (Phi) is 51.6. The molecule has 1 amide bonds. The van der Waals surface area contributed by atoms with Crippen molar-refractivity contribution in [1.29, 1.82) is 0 Å². The molecule has 1 heterocycles. The van der Waals surface area contributed by atoms with Gasteiger partial charge in [0.1, 0.15) is 24.4 Å². The average Bonchev–Trinajstić information content (AvgIpc) is 3.39. The summed E-state index contributed by atoms with van der Waals surface area (Å²) in [7, 11) is 0. The number of amides is 1. The van der Waals surface area contributed by atoms with Crippen molar-refractivity contribution < 1.29 is 39.8 Å². The van der Waals surface area contributed by atoms with Crippen LogP contribution in [0.4, 0.5) is 0 Å². The molecule has 9 heteroatoms. The minimum absolute atomic E-state index is 0.180. The molecule has 432 valence electrons. The molecule has 9 nitrogen and oxygen atoms in total. The predicted octanol–water partition coefficient (Wildman–Crippen LogP) is 16.5. The molecule has 73 heavy (non-hydrogen) atoms. The number of carbonyl (C=O) groups is 1. The number of allylic oxidation sites excluding steroid dienone is 3. The molecule has 1 rings (SSSR count). The lowest BCUT2D eigenvalue weighted by Crippen LogP contribution is -2.60. The summed E-state index contributed by atoms with van der Waals surface area (Å²) in [6.45, 7) is 3.81. The standard InChI is InChI=1S/C64H123NO8/c1-3-5-7-9-11-13-15-17-19-21-23-24-25-26-27-28-29-30-31-32-33-34-35-36-37-39-41-43-45-47-49-51-53-58(67)57(56-72-64-63(71)62(70)61(69)59(55-66)73-64)65-60(68)54-52-50-48-46-44-42-40-38-22-20-18-16-14-12-10-8-6-4-2/h43,45,51,53,57-59,61-64,66-67,69-71H,3-42,44,46-50,52,54-56H2,1-2H3,(H,65,68)/b45-43+,53-51+. The first-order chi connectivity index (χ1) is 35.8. The van der Waals surface area contributed by atoms with Gasteiger partial charge in [-0.05, 0) is 32.1 Å². The maximum absolute atomic E-state index is 13.1. The third-order valence-electron chi connectivity index (χ3n) is 15.5. The van der Waals surface area contributed by atoms with Gasteiger partial charge < -0.3 is 40.3 Å². The number of ether oxygens (including phenoxy) is 2. The van der Waals surface area contributed by atoms with Crippen LogP contribution in [0.2, 0.25) is 0 Å². The highest BCUT2D eigenvalue weighted by Crippen LogP contribution is 2.23. The molecule has 1 saturated heterocycles. The minimum Gasteiger partial charge on any atom is -0.394 e. The monoisotopic (exact) mass is 1030 g/mol. The van der Waals surface area contributed by atoms with Crippen molar-refractivity contribution in [2.45, 2.75) is 365 Å². The summed E-state index contributed by atoms with van der Waals surface area (Å²) in [4.78, 5) is 13.1. The highest BCUT2D eigenvalue weighted by molar-refractivity contribution is 5.76. The van der Waals surface area contributed by atoms with Gasteiger partial charge in [-0.3, -0.25) is 4.79 Å². The van der Waals surface area contributed by atoms with Gasteiger partial charge in [-0.1, -0.05) is 308 Å². The Bertz CT molecular complexity index is 1200. The zero-order valence-corrected chi connectivity index (χ0v) is 48.2. The summed E-state index contributed by atoms with van der Waals surface area (Å²) in [6.07, 6.45) is 62.8. The minimum atomic E-state index is -1.57. The predicted molar refractivity (Wildman–Crippen MR) is 309 cm³/mol. The van der Waals surface area contributed by atoms with Crippen LogP contribution in [-0.4, -0.2) is 87.5 Å². The quantitative estimate of drug-likeness (QED) is 0.0261.